The Kier molecular flexibility index (Phi) is 3.61. The van der Waals surface area contributed by atoms with Crippen molar-refractivity contribution < 1.29 is 0 Å². The standard InChI is InChI=1S/C11H14N2S2/c1-8-4-2-3-5-9(8)13-10(14)11-12-6-7-15-11/h2-5,11-12H,6-7H2,1H3,(H,13,14). The minimum atomic E-state index is 0.277. The normalized spacial score (nSPS) is 20.2. The molecule has 2 nitrogen and oxygen atoms in total. The van der Waals surface area contributed by atoms with Gasteiger partial charge in [-0.05, 0) is 18.6 Å². The highest BCUT2D eigenvalue weighted by atomic mass is 32.2. The van der Waals surface area contributed by atoms with Gasteiger partial charge in [-0.2, -0.15) is 0 Å². The summed E-state index contributed by atoms with van der Waals surface area (Å²) in [4.78, 5) is 0.881. The number of para-hydroxylation sites is 1. The minimum Gasteiger partial charge on any atom is -0.348 e. The molecule has 1 aromatic carbocycles. The molecule has 1 unspecified atom stereocenters. The number of anilines is 1. The maximum Gasteiger partial charge on any atom is 0.107 e. The van der Waals surface area contributed by atoms with E-state index in [0.29, 0.717) is 0 Å². The predicted molar refractivity (Wildman–Crippen MR) is 71.6 cm³/mol. The summed E-state index contributed by atoms with van der Waals surface area (Å²) in [6, 6.07) is 8.20. The molecule has 0 amide bonds. The summed E-state index contributed by atoms with van der Waals surface area (Å²) in [6.45, 7) is 3.13. The Balaban J connectivity index is 2.02. The van der Waals surface area contributed by atoms with E-state index in [1.165, 1.54) is 5.56 Å². The van der Waals surface area contributed by atoms with Gasteiger partial charge in [-0.1, -0.05) is 30.4 Å². The number of thiocarbonyl (C=S) groups is 1. The van der Waals surface area contributed by atoms with Crippen molar-refractivity contribution in [3.8, 4) is 0 Å². The van der Waals surface area contributed by atoms with Gasteiger partial charge in [0.15, 0.2) is 0 Å². The molecule has 1 aromatic rings. The molecule has 2 rings (SSSR count). The van der Waals surface area contributed by atoms with Crippen molar-refractivity contribution in [2.45, 2.75) is 12.3 Å². The van der Waals surface area contributed by atoms with Crippen molar-refractivity contribution in [2.24, 2.45) is 0 Å². The second-order valence-corrected chi connectivity index (χ2v) is 5.16. The molecule has 80 valence electrons. The molecule has 0 saturated carbocycles. The lowest BCUT2D eigenvalue weighted by atomic mass is 10.2. The molecule has 1 fully saturated rings. The fourth-order valence-corrected chi connectivity index (χ4v) is 2.82. The summed E-state index contributed by atoms with van der Waals surface area (Å²) in [5, 5.41) is 6.93. The lowest BCUT2D eigenvalue weighted by Gasteiger charge is -2.15. The maximum atomic E-state index is 5.36. The van der Waals surface area contributed by atoms with Gasteiger partial charge in [-0.3, -0.25) is 5.32 Å². The lowest BCUT2D eigenvalue weighted by Crippen LogP contribution is -2.32. The van der Waals surface area contributed by atoms with E-state index in [4.69, 9.17) is 12.2 Å². The Morgan fingerprint density at radius 1 is 1.53 bits per heavy atom. The number of aryl methyl sites for hydroxylation is 1. The van der Waals surface area contributed by atoms with Gasteiger partial charge in [0.25, 0.3) is 0 Å². The van der Waals surface area contributed by atoms with Crippen LogP contribution >= 0.6 is 24.0 Å². The molecule has 1 saturated heterocycles. The summed E-state index contributed by atoms with van der Waals surface area (Å²) >= 11 is 7.22. The number of thioether (sulfide) groups is 1. The van der Waals surface area contributed by atoms with Crippen LogP contribution in [0.2, 0.25) is 0 Å². The maximum absolute atomic E-state index is 5.36. The van der Waals surface area contributed by atoms with Crippen LogP contribution in [0, 0.1) is 6.92 Å². The third-order valence-electron chi connectivity index (χ3n) is 2.36. The van der Waals surface area contributed by atoms with Gasteiger partial charge in [0.1, 0.15) is 10.4 Å². The summed E-state index contributed by atoms with van der Waals surface area (Å²) in [5.41, 5.74) is 2.33. The third kappa shape index (κ3) is 2.71. The minimum absolute atomic E-state index is 0.277. The van der Waals surface area contributed by atoms with Gasteiger partial charge >= 0.3 is 0 Å². The van der Waals surface area contributed by atoms with E-state index in [9.17, 15) is 0 Å². The molecule has 1 aliphatic heterocycles. The van der Waals surface area contributed by atoms with Crippen LogP contribution in [-0.4, -0.2) is 22.7 Å². The molecule has 0 aromatic heterocycles. The van der Waals surface area contributed by atoms with Crippen LogP contribution in [0.4, 0.5) is 5.69 Å². The van der Waals surface area contributed by atoms with Gasteiger partial charge in [0.05, 0.1) is 0 Å². The Morgan fingerprint density at radius 2 is 2.33 bits per heavy atom. The van der Waals surface area contributed by atoms with Gasteiger partial charge in [0.2, 0.25) is 0 Å². The molecule has 2 N–H and O–H groups in total. The van der Waals surface area contributed by atoms with E-state index in [2.05, 4.69) is 29.7 Å². The topological polar surface area (TPSA) is 24.1 Å². The smallest absolute Gasteiger partial charge is 0.107 e. The number of nitrogens with one attached hydrogen (secondary N) is 2. The number of hydrogen-bond acceptors (Lipinski definition) is 3. The zero-order chi connectivity index (χ0) is 10.7. The van der Waals surface area contributed by atoms with E-state index in [1.54, 1.807) is 0 Å². The molecular formula is C11H14N2S2. The molecule has 1 aliphatic rings. The largest absolute Gasteiger partial charge is 0.348 e. The monoisotopic (exact) mass is 238 g/mol. The summed E-state index contributed by atoms with van der Waals surface area (Å²) in [6.07, 6.45) is 0. The van der Waals surface area contributed by atoms with Crippen LogP contribution in [0.1, 0.15) is 5.56 Å². The summed E-state index contributed by atoms with van der Waals surface area (Å²) < 4.78 is 0. The van der Waals surface area contributed by atoms with E-state index in [0.717, 1.165) is 23.0 Å². The lowest BCUT2D eigenvalue weighted by molar-refractivity contribution is 0.831. The first-order valence-electron chi connectivity index (χ1n) is 4.99. The molecular weight excluding hydrogens is 224 g/mol. The van der Waals surface area contributed by atoms with Crippen LogP contribution in [0.5, 0.6) is 0 Å². The van der Waals surface area contributed by atoms with Gasteiger partial charge in [-0.25, -0.2) is 0 Å². The fraction of sp³-hybridized carbons (Fsp3) is 0.364. The Bertz CT molecular complexity index is 359. The highest BCUT2D eigenvalue weighted by molar-refractivity contribution is 8.02. The molecule has 4 heteroatoms. The number of hydrogen-bond donors (Lipinski definition) is 2. The molecule has 1 heterocycles. The summed E-state index contributed by atoms with van der Waals surface area (Å²) in [7, 11) is 0. The van der Waals surface area contributed by atoms with Crippen molar-refractivity contribution in [2.75, 3.05) is 17.6 Å². The van der Waals surface area contributed by atoms with Crippen LogP contribution in [0.25, 0.3) is 0 Å². The SMILES string of the molecule is Cc1ccccc1NC(=S)C1NCCS1. The zero-order valence-electron chi connectivity index (χ0n) is 8.62. The van der Waals surface area contributed by atoms with Crippen molar-refractivity contribution >= 4 is 34.7 Å². The van der Waals surface area contributed by atoms with E-state index < -0.39 is 0 Å². The first-order valence-corrected chi connectivity index (χ1v) is 6.44. The Morgan fingerprint density at radius 3 is 3.00 bits per heavy atom. The first-order chi connectivity index (χ1) is 7.27. The van der Waals surface area contributed by atoms with Gasteiger partial charge < -0.3 is 5.32 Å². The van der Waals surface area contributed by atoms with E-state index in [-0.39, 0.29) is 5.37 Å². The molecule has 0 bridgehead atoms. The quantitative estimate of drug-likeness (QED) is 0.773. The van der Waals surface area contributed by atoms with Crippen LogP contribution < -0.4 is 10.6 Å². The molecule has 0 aliphatic carbocycles. The third-order valence-corrected chi connectivity index (χ3v) is 4.02. The highest BCUT2D eigenvalue weighted by Crippen LogP contribution is 2.19. The number of rotatable bonds is 2. The van der Waals surface area contributed by atoms with Crippen molar-refractivity contribution in [3.63, 3.8) is 0 Å². The predicted octanol–water partition coefficient (Wildman–Crippen LogP) is 2.40. The molecule has 0 spiro atoms. The van der Waals surface area contributed by atoms with Crippen LogP contribution in [0.15, 0.2) is 24.3 Å². The average Bonchev–Trinajstić information content (AvgIpc) is 2.74. The van der Waals surface area contributed by atoms with Crippen LogP contribution in [-0.2, 0) is 0 Å². The second-order valence-electron chi connectivity index (χ2n) is 3.51. The van der Waals surface area contributed by atoms with Crippen molar-refractivity contribution in [1.82, 2.24) is 5.32 Å². The first kappa shape index (κ1) is 10.9. The molecule has 0 radical (unpaired) electrons. The zero-order valence-corrected chi connectivity index (χ0v) is 10.3. The van der Waals surface area contributed by atoms with Crippen LogP contribution in [0.3, 0.4) is 0 Å². The molecule has 1 atom stereocenters. The van der Waals surface area contributed by atoms with Crippen molar-refractivity contribution in [1.29, 1.82) is 0 Å². The van der Waals surface area contributed by atoms with Crippen molar-refractivity contribution in [3.05, 3.63) is 29.8 Å². The highest BCUT2D eigenvalue weighted by Gasteiger charge is 2.19. The molecule has 15 heavy (non-hydrogen) atoms. The number of benzene rings is 1. The Hall–Kier alpha value is -0.580. The summed E-state index contributed by atoms with van der Waals surface area (Å²) in [5.74, 6) is 1.14. The fourth-order valence-electron chi connectivity index (χ4n) is 1.51. The second kappa shape index (κ2) is 4.96. The average molecular weight is 238 g/mol. The van der Waals surface area contributed by atoms with Gasteiger partial charge in [-0.15, -0.1) is 11.8 Å². The van der Waals surface area contributed by atoms with E-state index >= 15 is 0 Å². The van der Waals surface area contributed by atoms with E-state index in [1.807, 2.05) is 23.9 Å². The van der Waals surface area contributed by atoms with Gasteiger partial charge in [0, 0.05) is 18.0 Å². The Labute approximate surface area is 99.8 Å².